The molecule has 0 aliphatic heterocycles. The fourth-order valence-corrected chi connectivity index (χ4v) is 3.86. The molecule has 0 spiro atoms. The molecule has 4 aromatic rings. The Morgan fingerprint density at radius 2 is 1.64 bits per heavy atom. The minimum absolute atomic E-state index is 0.210. The SMILES string of the molecule is Cc1cc(N(C(=O)N(C)[C@H](C)c2c[nH]c(=O)c3ccccc23)c2cccc(F)c2)ccc1F. The van der Waals surface area contributed by atoms with Crippen molar-refractivity contribution in [3.05, 3.63) is 106 Å². The number of rotatable bonds is 4. The van der Waals surface area contributed by atoms with Gasteiger partial charge in [0.15, 0.2) is 0 Å². The summed E-state index contributed by atoms with van der Waals surface area (Å²) in [5, 5.41) is 1.27. The lowest BCUT2D eigenvalue weighted by molar-refractivity contribution is 0.204. The number of urea groups is 1. The van der Waals surface area contributed by atoms with Gasteiger partial charge < -0.3 is 9.88 Å². The number of fused-ring (bicyclic) bond motifs is 1. The third-order valence-electron chi connectivity index (χ3n) is 5.83. The molecule has 4 rings (SSSR count). The molecule has 0 saturated carbocycles. The molecule has 2 amide bonds. The molecule has 1 heterocycles. The number of halogens is 2. The van der Waals surface area contributed by atoms with Gasteiger partial charge in [0.05, 0.1) is 17.4 Å². The van der Waals surface area contributed by atoms with E-state index in [1.54, 1.807) is 44.4 Å². The predicted octanol–water partition coefficient (Wildman–Crippen LogP) is 6.07. The molecule has 0 radical (unpaired) electrons. The van der Waals surface area contributed by atoms with Crippen LogP contribution in [0.1, 0.15) is 24.1 Å². The topological polar surface area (TPSA) is 56.4 Å². The largest absolute Gasteiger partial charge is 0.329 e. The number of hydrogen-bond acceptors (Lipinski definition) is 2. The van der Waals surface area contributed by atoms with Gasteiger partial charge in [-0.15, -0.1) is 0 Å². The molecule has 1 N–H and O–H groups in total. The van der Waals surface area contributed by atoms with Crippen LogP contribution in [0.4, 0.5) is 25.0 Å². The van der Waals surface area contributed by atoms with Crippen LogP contribution in [-0.4, -0.2) is 23.0 Å². The van der Waals surface area contributed by atoms with Gasteiger partial charge in [-0.05, 0) is 72.8 Å². The summed E-state index contributed by atoms with van der Waals surface area (Å²) < 4.78 is 28.0. The van der Waals surface area contributed by atoms with E-state index in [-0.39, 0.29) is 5.56 Å². The Morgan fingerprint density at radius 3 is 2.33 bits per heavy atom. The molecular formula is C26H23F2N3O2. The van der Waals surface area contributed by atoms with Crippen molar-refractivity contribution in [1.29, 1.82) is 0 Å². The van der Waals surface area contributed by atoms with E-state index in [4.69, 9.17) is 0 Å². The first-order chi connectivity index (χ1) is 15.8. The van der Waals surface area contributed by atoms with Crippen molar-refractivity contribution in [2.75, 3.05) is 11.9 Å². The van der Waals surface area contributed by atoms with Crippen molar-refractivity contribution in [3.63, 3.8) is 0 Å². The van der Waals surface area contributed by atoms with Crippen molar-refractivity contribution in [1.82, 2.24) is 9.88 Å². The standard InChI is InChI=1S/C26H23F2N3O2/c1-16-13-20(11-12-24(16)28)31(19-8-6-7-18(27)14-19)26(33)30(3)17(2)23-15-29-25(32)22-10-5-4-9-21(22)23/h4-15,17H,1-3H3,(H,29,32)/t17-/m1/s1. The number of aromatic nitrogens is 1. The van der Waals surface area contributed by atoms with E-state index in [0.717, 1.165) is 10.9 Å². The maximum Gasteiger partial charge on any atom is 0.329 e. The Labute approximate surface area is 189 Å². The van der Waals surface area contributed by atoms with Crippen LogP contribution in [0.3, 0.4) is 0 Å². The van der Waals surface area contributed by atoms with Crippen molar-refractivity contribution in [3.8, 4) is 0 Å². The Kier molecular flexibility index (Phi) is 5.96. The van der Waals surface area contributed by atoms with Gasteiger partial charge >= 0.3 is 6.03 Å². The van der Waals surface area contributed by atoms with E-state index >= 15 is 0 Å². The summed E-state index contributed by atoms with van der Waals surface area (Å²) in [4.78, 5) is 31.5. The van der Waals surface area contributed by atoms with Gasteiger partial charge in [-0.25, -0.2) is 13.6 Å². The molecule has 7 heteroatoms. The van der Waals surface area contributed by atoms with Crippen LogP contribution in [0.25, 0.3) is 10.8 Å². The second-order valence-electron chi connectivity index (χ2n) is 7.94. The highest BCUT2D eigenvalue weighted by atomic mass is 19.1. The summed E-state index contributed by atoms with van der Waals surface area (Å²) in [6.07, 6.45) is 1.60. The summed E-state index contributed by atoms with van der Waals surface area (Å²) in [6.45, 7) is 3.45. The molecule has 3 aromatic carbocycles. The quantitative estimate of drug-likeness (QED) is 0.413. The molecule has 0 bridgehead atoms. The van der Waals surface area contributed by atoms with Gasteiger partial charge in [-0.3, -0.25) is 9.69 Å². The normalized spacial score (nSPS) is 11.9. The van der Waals surface area contributed by atoms with Crippen LogP contribution in [0.15, 0.2) is 77.7 Å². The monoisotopic (exact) mass is 447 g/mol. The first-order valence-corrected chi connectivity index (χ1v) is 10.5. The minimum Gasteiger partial charge on any atom is -0.328 e. The number of carbonyl (C=O) groups excluding carboxylic acids is 1. The van der Waals surface area contributed by atoms with E-state index in [0.29, 0.717) is 22.3 Å². The zero-order valence-electron chi connectivity index (χ0n) is 18.5. The van der Waals surface area contributed by atoms with Crippen LogP contribution < -0.4 is 10.5 Å². The number of carbonyl (C=O) groups is 1. The molecule has 0 unspecified atom stereocenters. The van der Waals surface area contributed by atoms with Crippen LogP contribution in [0.5, 0.6) is 0 Å². The maximum atomic E-state index is 14.0. The molecule has 0 aliphatic rings. The maximum absolute atomic E-state index is 14.0. The van der Waals surface area contributed by atoms with E-state index in [2.05, 4.69) is 4.98 Å². The summed E-state index contributed by atoms with van der Waals surface area (Å²) in [6, 6.07) is 16.3. The van der Waals surface area contributed by atoms with E-state index < -0.39 is 23.7 Å². The van der Waals surface area contributed by atoms with E-state index in [9.17, 15) is 18.4 Å². The van der Waals surface area contributed by atoms with Gasteiger partial charge in [0.1, 0.15) is 11.6 Å². The van der Waals surface area contributed by atoms with Crippen LogP contribution in [0.2, 0.25) is 0 Å². The van der Waals surface area contributed by atoms with Gasteiger partial charge in [0, 0.05) is 18.6 Å². The molecule has 33 heavy (non-hydrogen) atoms. The number of aromatic amines is 1. The number of amides is 2. The average Bonchev–Trinajstić information content (AvgIpc) is 2.81. The highest BCUT2D eigenvalue weighted by Gasteiger charge is 2.27. The fourth-order valence-electron chi connectivity index (χ4n) is 3.86. The summed E-state index contributed by atoms with van der Waals surface area (Å²) >= 11 is 0. The number of aryl methyl sites for hydroxylation is 1. The second kappa shape index (κ2) is 8.86. The lowest BCUT2D eigenvalue weighted by Gasteiger charge is -2.32. The average molecular weight is 447 g/mol. The van der Waals surface area contributed by atoms with Crippen molar-refractivity contribution < 1.29 is 13.6 Å². The molecule has 1 atom stereocenters. The van der Waals surface area contributed by atoms with Gasteiger partial charge in [0.2, 0.25) is 0 Å². The van der Waals surface area contributed by atoms with E-state index in [1.807, 2.05) is 19.1 Å². The molecular weight excluding hydrogens is 424 g/mol. The molecule has 0 fully saturated rings. The molecule has 0 aliphatic carbocycles. The van der Waals surface area contributed by atoms with Crippen LogP contribution >= 0.6 is 0 Å². The lowest BCUT2D eigenvalue weighted by atomic mass is 10.0. The first kappa shape index (κ1) is 22.2. The van der Waals surface area contributed by atoms with Crippen LogP contribution in [-0.2, 0) is 0 Å². The smallest absolute Gasteiger partial charge is 0.328 e. The highest BCUT2D eigenvalue weighted by molar-refractivity contribution is 6.00. The minimum atomic E-state index is -0.494. The first-order valence-electron chi connectivity index (χ1n) is 10.5. The summed E-state index contributed by atoms with van der Waals surface area (Å²) in [5.41, 5.74) is 1.64. The Bertz CT molecular complexity index is 1400. The van der Waals surface area contributed by atoms with Crippen molar-refractivity contribution in [2.45, 2.75) is 19.9 Å². The van der Waals surface area contributed by atoms with Gasteiger partial charge in [0.25, 0.3) is 5.56 Å². The Hall–Kier alpha value is -4.00. The van der Waals surface area contributed by atoms with Crippen molar-refractivity contribution >= 4 is 28.2 Å². The summed E-state index contributed by atoms with van der Waals surface area (Å²) in [7, 11) is 1.63. The lowest BCUT2D eigenvalue weighted by Crippen LogP contribution is -2.40. The predicted molar refractivity (Wildman–Crippen MR) is 126 cm³/mol. The van der Waals surface area contributed by atoms with Gasteiger partial charge in [-0.1, -0.05) is 24.3 Å². The zero-order valence-corrected chi connectivity index (χ0v) is 18.5. The molecule has 5 nitrogen and oxygen atoms in total. The zero-order chi connectivity index (χ0) is 23.7. The number of hydrogen-bond donors (Lipinski definition) is 1. The number of H-pyrrole nitrogens is 1. The third-order valence-corrected chi connectivity index (χ3v) is 5.83. The molecule has 0 saturated heterocycles. The van der Waals surface area contributed by atoms with Crippen LogP contribution in [0, 0.1) is 18.6 Å². The highest BCUT2D eigenvalue weighted by Crippen LogP contribution is 2.32. The van der Waals surface area contributed by atoms with Gasteiger partial charge in [-0.2, -0.15) is 0 Å². The number of pyridine rings is 1. The Morgan fingerprint density at radius 1 is 0.939 bits per heavy atom. The number of nitrogens with zero attached hydrogens (tertiary/aromatic N) is 2. The third kappa shape index (κ3) is 4.22. The number of anilines is 2. The summed E-state index contributed by atoms with van der Waals surface area (Å²) in [5.74, 6) is -0.890. The molecule has 1 aromatic heterocycles. The number of benzene rings is 3. The second-order valence-corrected chi connectivity index (χ2v) is 7.94. The number of nitrogens with one attached hydrogen (secondary N) is 1. The van der Waals surface area contributed by atoms with Crippen molar-refractivity contribution in [2.24, 2.45) is 0 Å². The fraction of sp³-hybridized carbons (Fsp3) is 0.154. The Balaban J connectivity index is 1.78. The molecule has 168 valence electrons. The van der Waals surface area contributed by atoms with E-state index in [1.165, 1.54) is 40.1 Å².